The predicted octanol–water partition coefficient (Wildman–Crippen LogP) is 3.56. The molecule has 4 heteroatoms. The first-order valence-corrected chi connectivity index (χ1v) is 7.19. The molecule has 17 heavy (non-hydrogen) atoms. The Hall–Kier alpha value is -0.710. The molecule has 0 radical (unpaired) electrons. The zero-order valence-corrected chi connectivity index (χ0v) is 12.1. The van der Waals surface area contributed by atoms with Crippen molar-refractivity contribution in [3.05, 3.63) is 50.4 Å². The van der Waals surface area contributed by atoms with Gasteiger partial charge in [-0.25, -0.2) is 4.98 Å². The fraction of sp³-hybridized carbons (Fsp3) is 0.308. The number of thiazole rings is 1. The summed E-state index contributed by atoms with van der Waals surface area (Å²) >= 11 is 5.20. The molecule has 0 amide bonds. The van der Waals surface area contributed by atoms with E-state index < -0.39 is 0 Å². The molecular formula is C13H15BrN2S. The summed E-state index contributed by atoms with van der Waals surface area (Å²) in [6, 6.07) is 8.37. The van der Waals surface area contributed by atoms with Gasteiger partial charge >= 0.3 is 0 Å². The van der Waals surface area contributed by atoms with E-state index in [9.17, 15) is 0 Å². The van der Waals surface area contributed by atoms with Gasteiger partial charge < -0.3 is 5.73 Å². The fourth-order valence-electron chi connectivity index (χ4n) is 1.53. The second-order valence-electron chi connectivity index (χ2n) is 4.10. The first kappa shape index (κ1) is 12.7. The molecule has 0 saturated carbocycles. The van der Waals surface area contributed by atoms with E-state index in [4.69, 9.17) is 5.73 Å². The van der Waals surface area contributed by atoms with E-state index in [-0.39, 0.29) is 0 Å². The molecule has 2 aromatic rings. The summed E-state index contributed by atoms with van der Waals surface area (Å²) in [4.78, 5) is 5.73. The van der Waals surface area contributed by atoms with E-state index in [2.05, 4.69) is 52.1 Å². The Bertz CT molecular complexity index is 478. The first-order valence-electron chi connectivity index (χ1n) is 5.58. The second-order valence-corrected chi connectivity index (χ2v) is 6.16. The summed E-state index contributed by atoms with van der Waals surface area (Å²) in [7, 11) is 0. The van der Waals surface area contributed by atoms with Crippen LogP contribution >= 0.6 is 27.3 Å². The van der Waals surface area contributed by atoms with E-state index in [0.717, 1.165) is 15.9 Å². The average Bonchev–Trinajstić information content (AvgIpc) is 2.80. The Morgan fingerprint density at radius 1 is 1.35 bits per heavy atom. The van der Waals surface area contributed by atoms with Gasteiger partial charge in [0.1, 0.15) is 0 Å². The van der Waals surface area contributed by atoms with Gasteiger partial charge in [-0.2, -0.15) is 0 Å². The highest BCUT2D eigenvalue weighted by molar-refractivity contribution is 9.10. The van der Waals surface area contributed by atoms with Crippen molar-refractivity contribution in [2.45, 2.75) is 19.3 Å². The van der Waals surface area contributed by atoms with Crippen LogP contribution in [-0.2, 0) is 6.42 Å². The van der Waals surface area contributed by atoms with Crippen molar-refractivity contribution in [3.8, 4) is 0 Å². The summed E-state index contributed by atoms with van der Waals surface area (Å²) in [5.74, 6) is 0.408. The fourth-order valence-corrected chi connectivity index (χ4v) is 2.81. The maximum absolute atomic E-state index is 5.66. The Kier molecular flexibility index (Phi) is 4.31. The highest BCUT2D eigenvalue weighted by atomic mass is 79.9. The SMILES string of the molecule is CC(CN)c1cnc(Cc2ccc(Br)cc2)s1. The molecule has 0 fully saturated rings. The number of nitrogens with zero attached hydrogens (tertiary/aromatic N) is 1. The number of nitrogens with two attached hydrogens (primary N) is 1. The van der Waals surface area contributed by atoms with Crippen LogP contribution in [0.2, 0.25) is 0 Å². The van der Waals surface area contributed by atoms with E-state index in [1.54, 1.807) is 11.3 Å². The maximum atomic E-state index is 5.66. The van der Waals surface area contributed by atoms with Crippen LogP contribution in [0.15, 0.2) is 34.9 Å². The molecule has 2 rings (SSSR count). The van der Waals surface area contributed by atoms with Gasteiger partial charge in [0, 0.05) is 27.9 Å². The van der Waals surface area contributed by atoms with Crippen molar-refractivity contribution >= 4 is 27.3 Å². The number of aromatic nitrogens is 1. The molecular weight excluding hydrogens is 296 g/mol. The first-order chi connectivity index (χ1) is 8.19. The predicted molar refractivity (Wildman–Crippen MR) is 76.5 cm³/mol. The average molecular weight is 311 g/mol. The van der Waals surface area contributed by atoms with Crippen LogP contribution in [0.3, 0.4) is 0 Å². The van der Waals surface area contributed by atoms with Crippen LogP contribution in [0.1, 0.15) is 28.3 Å². The van der Waals surface area contributed by atoms with Crippen LogP contribution in [0, 0.1) is 0 Å². The van der Waals surface area contributed by atoms with Gasteiger partial charge in [-0.05, 0) is 24.2 Å². The number of halogens is 1. The third-order valence-corrected chi connectivity index (χ3v) is 4.44. The monoisotopic (exact) mass is 310 g/mol. The third kappa shape index (κ3) is 3.37. The molecule has 1 atom stereocenters. The molecule has 0 aliphatic rings. The van der Waals surface area contributed by atoms with Crippen LogP contribution in [0.5, 0.6) is 0 Å². The molecule has 1 heterocycles. The van der Waals surface area contributed by atoms with E-state index in [1.807, 2.05) is 6.20 Å². The Morgan fingerprint density at radius 3 is 2.71 bits per heavy atom. The van der Waals surface area contributed by atoms with Gasteiger partial charge in [-0.1, -0.05) is 35.0 Å². The minimum absolute atomic E-state index is 0.408. The van der Waals surface area contributed by atoms with Crippen LogP contribution in [0.25, 0.3) is 0 Å². The zero-order valence-electron chi connectivity index (χ0n) is 9.69. The van der Waals surface area contributed by atoms with Crippen molar-refractivity contribution < 1.29 is 0 Å². The quantitative estimate of drug-likeness (QED) is 0.937. The standard InChI is InChI=1S/C13H15BrN2S/c1-9(7-15)12-8-16-13(17-12)6-10-2-4-11(14)5-3-10/h2-5,8-9H,6-7,15H2,1H3. The van der Waals surface area contributed by atoms with Crippen molar-refractivity contribution in [1.29, 1.82) is 0 Å². The number of hydrogen-bond acceptors (Lipinski definition) is 3. The molecule has 0 aliphatic heterocycles. The van der Waals surface area contributed by atoms with Gasteiger partial charge in [0.2, 0.25) is 0 Å². The number of rotatable bonds is 4. The summed E-state index contributed by atoms with van der Waals surface area (Å²) in [6.07, 6.45) is 2.85. The Labute approximate surface area is 114 Å². The minimum Gasteiger partial charge on any atom is -0.330 e. The largest absolute Gasteiger partial charge is 0.330 e. The van der Waals surface area contributed by atoms with Crippen LogP contribution < -0.4 is 5.73 Å². The lowest BCUT2D eigenvalue weighted by atomic mass is 10.1. The normalized spacial score (nSPS) is 12.6. The molecule has 2 nitrogen and oxygen atoms in total. The van der Waals surface area contributed by atoms with Gasteiger partial charge in [0.15, 0.2) is 0 Å². The summed E-state index contributed by atoms with van der Waals surface area (Å²) in [6.45, 7) is 2.82. The van der Waals surface area contributed by atoms with E-state index in [0.29, 0.717) is 12.5 Å². The van der Waals surface area contributed by atoms with Gasteiger partial charge in [-0.3, -0.25) is 0 Å². The van der Waals surface area contributed by atoms with Crippen molar-refractivity contribution in [1.82, 2.24) is 4.98 Å². The lowest BCUT2D eigenvalue weighted by Gasteiger charge is -2.02. The number of hydrogen-bond donors (Lipinski definition) is 1. The summed E-state index contributed by atoms with van der Waals surface area (Å²) < 4.78 is 1.11. The molecule has 1 aromatic carbocycles. The molecule has 0 spiro atoms. The molecule has 0 bridgehead atoms. The van der Waals surface area contributed by atoms with Crippen molar-refractivity contribution in [3.63, 3.8) is 0 Å². The smallest absolute Gasteiger partial charge is 0.0971 e. The van der Waals surface area contributed by atoms with Gasteiger partial charge in [-0.15, -0.1) is 11.3 Å². The number of benzene rings is 1. The van der Waals surface area contributed by atoms with Crippen LogP contribution in [-0.4, -0.2) is 11.5 Å². The molecule has 1 aromatic heterocycles. The Balaban J connectivity index is 2.08. The summed E-state index contributed by atoms with van der Waals surface area (Å²) in [5.41, 5.74) is 6.94. The lowest BCUT2D eigenvalue weighted by Crippen LogP contribution is -2.07. The van der Waals surface area contributed by atoms with Crippen molar-refractivity contribution in [2.75, 3.05) is 6.54 Å². The molecule has 1 unspecified atom stereocenters. The van der Waals surface area contributed by atoms with E-state index in [1.165, 1.54) is 10.4 Å². The molecule has 90 valence electrons. The Morgan fingerprint density at radius 2 is 2.06 bits per heavy atom. The highest BCUT2D eigenvalue weighted by Gasteiger charge is 2.08. The second kappa shape index (κ2) is 5.76. The highest BCUT2D eigenvalue weighted by Crippen LogP contribution is 2.23. The maximum Gasteiger partial charge on any atom is 0.0971 e. The third-order valence-electron chi connectivity index (χ3n) is 2.68. The topological polar surface area (TPSA) is 38.9 Å². The van der Waals surface area contributed by atoms with Gasteiger partial charge in [0.05, 0.1) is 5.01 Å². The summed E-state index contributed by atoms with van der Waals surface area (Å²) in [5, 5.41) is 1.16. The van der Waals surface area contributed by atoms with E-state index >= 15 is 0 Å². The lowest BCUT2D eigenvalue weighted by molar-refractivity contribution is 0.787. The van der Waals surface area contributed by atoms with Crippen LogP contribution in [0.4, 0.5) is 0 Å². The minimum atomic E-state index is 0.408. The molecule has 0 saturated heterocycles. The molecule has 2 N–H and O–H groups in total. The zero-order chi connectivity index (χ0) is 12.3. The van der Waals surface area contributed by atoms with Crippen molar-refractivity contribution in [2.24, 2.45) is 5.73 Å². The van der Waals surface area contributed by atoms with Gasteiger partial charge in [0.25, 0.3) is 0 Å². The molecule has 0 aliphatic carbocycles.